The van der Waals surface area contributed by atoms with Crippen LogP contribution in [0.4, 0.5) is 5.69 Å². The number of amides is 2. The molecule has 47 heavy (non-hydrogen) atoms. The smallest absolute Gasteiger partial charge is 0.264 e. The van der Waals surface area contributed by atoms with E-state index in [0.717, 1.165) is 59.9 Å². The first-order valence-electron chi connectivity index (χ1n) is 16.5. The fraction of sp³-hybridized carbons (Fsp3) is 0.333. The fourth-order valence-electron chi connectivity index (χ4n) is 6.15. The van der Waals surface area contributed by atoms with E-state index in [4.69, 9.17) is 0 Å². The molecule has 4 aromatic carbocycles. The summed E-state index contributed by atoms with van der Waals surface area (Å²) in [7, 11) is -4.14. The average molecular weight is 652 g/mol. The van der Waals surface area contributed by atoms with Gasteiger partial charge in [0.05, 0.1) is 10.6 Å². The molecule has 1 N–H and O–H groups in total. The van der Waals surface area contributed by atoms with E-state index in [2.05, 4.69) is 5.32 Å². The minimum atomic E-state index is -4.14. The first kappa shape index (κ1) is 33.9. The van der Waals surface area contributed by atoms with Gasteiger partial charge in [0.15, 0.2) is 0 Å². The van der Waals surface area contributed by atoms with Crippen molar-refractivity contribution in [1.29, 1.82) is 0 Å². The summed E-state index contributed by atoms with van der Waals surface area (Å²) in [5.74, 6) is -0.671. The molecule has 2 amide bonds. The van der Waals surface area contributed by atoms with Crippen LogP contribution in [0.15, 0.2) is 108 Å². The zero-order valence-electron chi connectivity index (χ0n) is 27.6. The summed E-state index contributed by atoms with van der Waals surface area (Å²) in [5.41, 5.74) is 5.08. The zero-order valence-corrected chi connectivity index (χ0v) is 28.4. The third-order valence-electron chi connectivity index (χ3n) is 9.03. The maximum absolute atomic E-state index is 14.7. The Kier molecular flexibility index (Phi) is 11.1. The van der Waals surface area contributed by atoms with Gasteiger partial charge < -0.3 is 10.2 Å². The summed E-state index contributed by atoms with van der Waals surface area (Å²) >= 11 is 0. The van der Waals surface area contributed by atoms with Crippen LogP contribution in [0.5, 0.6) is 0 Å². The van der Waals surface area contributed by atoms with Crippen molar-refractivity contribution < 1.29 is 18.0 Å². The van der Waals surface area contributed by atoms with E-state index >= 15 is 0 Å². The molecular formula is C39H45N3O4S. The van der Waals surface area contributed by atoms with Crippen LogP contribution >= 0.6 is 0 Å². The summed E-state index contributed by atoms with van der Waals surface area (Å²) in [5, 5.41) is 3.26. The van der Waals surface area contributed by atoms with Gasteiger partial charge in [0.25, 0.3) is 10.0 Å². The molecule has 246 valence electrons. The highest BCUT2D eigenvalue weighted by atomic mass is 32.2. The first-order valence-corrected chi connectivity index (χ1v) is 17.9. The van der Waals surface area contributed by atoms with E-state index < -0.39 is 28.5 Å². The van der Waals surface area contributed by atoms with Crippen molar-refractivity contribution in [3.05, 3.63) is 131 Å². The maximum atomic E-state index is 14.7. The van der Waals surface area contributed by atoms with E-state index in [1.165, 1.54) is 4.31 Å². The van der Waals surface area contributed by atoms with Gasteiger partial charge in [-0.25, -0.2) is 8.42 Å². The molecule has 0 spiro atoms. The molecule has 5 rings (SSSR count). The van der Waals surface area contributed by atoms with Crippen molar-refractivity contribution in [2.75, 3.05) is 10.8 Å². The molecule has 8 heteroatoms. The van der Waals surface area contributed by atoms with Gasteiger partial charge in [0.2, 0.25) is 11.8 Å². The Morgan fingerprint density at radius 1 is 0.766 bits per heavy atom. The molecule has 4 aromatic rings. The molecule has 1 aliphatic carbocycles. The van der Waals surface area contributed by atoms with E-state index in [9.17, 15) is 18.0 Å². The minimum absolute atomic E-state index is 0.0518. The molecule has 7 nitrogen and oxygen atoms in total. The van der Waals surface area contributed by atoms with Crippen LogP contribution < -0.4 is 9.62 Å². The molecule has 0 bridgehead atoms. The number of sulfonamides is 1. The molecule has 1 fully saturated rings. The van der Waals surface area contributed by atoms with Crippen molar-refractivity contribution in [2.24, 2.45) is 0 Å². The Hall–Kier alpha value is -4.43. The number of rotatable bonds is 12. The molecular weight excluding hydrogens is 607 g/mol. The largest absolute Gasteiger partial charge is 0.352 e. The van der Waals surface area contributed by atoms with Gasteiger partial charge in [-0.1, -0.05) is 109 Å². The van der Waals surface area contributed by atoms with E-state index in [1.54, 1.807) is 41.3 Å². The van der Waals surface area contributed by atoms with Gasteiger partial charge >= 0.3 is 0 Å². The standard InChI is InChI=1S/C39H45N3O4S/c1-29-18-22-35(23-19-29)42(47(45,46)36-24-20-30(2)21-25-36)28-38(43)41(27-33-15-11-10-12-31(33)3)37(26-32-13-6-4-7-14-32)39(44)40-34-16-8-5-9-17-34/h4,6-7,10-15,18-25,34,37H,5,8-9,16-17,26-28H2,1-3H3,(H,40,44)/t37-/m0/s1. The van der Waals surface area contributed by atoms with Crippen molar-refractivity contribution >= 4 is 27.5 Å². The lowest BCUT2D eigenvalue weighted by Gasteiger charge is -2.35. The molecule has 1 atom stereocenters. The van der Waals surface area contributed by atoms with E-state index in [-0.39, 0.29) is 23.4 Å². The number of nitrogens with one attached hydrogen (secondary N) is 1. The second kappa shape index (κ2) is 15.4. The molecule has 0 radical (unpaired) electrons. The number of aryl methyl sites for hydroxylation is 3. The second-order valence-electron chi connectivity index (χ2n) is 12.7. The quantitative estimate of drug-likeness (QED) is 0.181. The highest BCUT2D eigenvalue weighted by molar-refractivity contribution is 7.92. The van der Waals surface area contributed by atoms with Crippen LogP contribution in [0.3, 0.4) is 0 Å². The molecule has 0 heterocycles. The Labute approximate surface area is 279 Å². The molecule has 0 unspecified atom stereocenters. The van der Waals surface area contributed by atoms with Gasteiger partial charge in [-0.3, -0.25) is 13.9 Å². The Balaban J connectivity index is 1.56. The fourth-order valence-corrected chi connectivity index (χ4v) is 7.56. The van der Waals surface area contributed by atoms with Gasteiger partial charge in [-0.05, 0) is 74.6 Å². The number of hydrogen-bond donors (Lipinski definition) is 1. The van der Waals surface area contributed by atoms with E-state index in [0.29, 0.717) is 12.1 Å². The lowest BCUT2D eigenvalue weighted by atomic mass is 9.94. The Bertz CT molecular complexity index is 1750. The summed E-state index contributed by atoms with van der Waals surface area (Å²) in [4.78, 5) is 30.6. The molecule has 0 aliphatic heterocycles. The highest BCUT2D eigenvalue weighted by Gasteiger charge is 2.35. The monoisotopic (exact) mass is 651 g/mol. The predicted octanol–water partition coefficient (Wildman–Crippen LogP) is 6.90. The van der Waals surface area contributed by atoms with Crippen molar-refractivity contribution in [2.45, 2.75) is 82.8 Å². The van der Waals surface area contributed by atoms with Crippen molar-refractivity contribution in [1.82, 2.24) is 10.2 Å². The normalized spacial score (nSPS) is 14.3. The number of hydrogen-bond acceptors (Lipinski definition) is 4. The van der Waals surface area contributed by atoms with Crippen LogP contribution in [0.2, 0.25) is 0 Å². The third-order valence-corrected chi connectivity index (χ3v) is 10.8. The molecule has 0 aromatic heterocycles. The van der Waals surface area contributed by atoms with Crippen molar-refractivity contribution in [3.8, 4) is 0 Å². The lowest BCUT2D eigenvalue weighted by molar-refractivity contribution is -0.140. The lowest BCUT2D eigenvalue weighted by Crippen LogP contribution is -2.55. The van der Waals surface area contributed by atoms with Gasteiger partial charge in [0.1, 0.15) is 12.6 Å². The SMILES string of the molecule is Cc1ccc(N(CC(=O)N(Cc2ccccc2C)[C@@H](Cc2ccccc2)C(=O)NC2CCCCC2)S(=O)(=O)c2ccc(C)cc2)cc1. The minimum Gasteiger partial charge on any atom is -0.352 e. The summed E-state index contributed by atoms with van der Waals surface area (Å²) < 4.78 is 29.6. The first-order chi connectivity index (χ1) is 22.6. The number of anilines is 1. The third kappa shape index (κ3) is 8.69. The Morgan fingerprint density at radius 3 is 2.00 bits per heavy atom. The van der Waals surface area contributed by atoms with Crippen LogP contribution in [-0.4, -0.2) is 43.8 Å². The second-order valence-corrected chi connectivity index (χ2v) is 14.5. The summed E-state index contributed by atoms with van der Waals surface area (Å²) in [6.45, 7) is 5.50. The summed E-state index contributed by atoms with van der Waals surface area (Å²) in [6.07, 6.45) is 5.39. The molecule has 0 saturated heterocycles. The Morgan fingerprint density at radius 2 is 1.36 bits per heavy atom. The number of nitrogens with zero attached hydrogens (tertiary/aromatic N) is 2. The van der Waals surface area contributed by atoms with Crippen molar-refractivity contribution in [3.63, 3.8) is 0 Å². The molecule has 1 aliphatic rings. The van der Waals surface area contributed by atoms with Crippen LogP contribution in [0.1, 0.15) is 59.9 Å². The number of carbonyl (C=O) groups is 2. The zero-order chi connectivity index (χ0) is 33.4. The molecule has 1 saturated carbocycles. The number of benzene rings is 4. The van der Waals surface area contributed by atoms with Gasteiger partial charge in [-0.15, -0.1) is 0 Å². The van der Waals surface area contributed by atoms with Crippen LogP contribution in [0.25, 0.3) is 0 Å². The average Bonchev–Trinajstić information content (AvgIpc) is 3.07. The topological polar surface area (TPSA) is 86.8 Å². The number of carbonyl (C=O) groups excluding carboxylic acids is 2. The van der Waals surface area contributed by atoms with E-state index in [1.807, 2.05) is 87.5 Å². The predicted molar refractivity (Wildman–Crippen MR) is 188 cm³/mol. The van der Waals surface area contributed by atoms with Crippen LogP contribution in [-0.2, 0) is 32.6 Å². The maximum Gasteiger partial charge on any atom is 0.264 e. The van der Waals surface area contributed by atoms with Gasteiger partial charge in [-0.2, -0.15) is 0 Å². The summed E-state index contributed by atoms with van der Waals surface area (Å²) in [6, 6.07) is 30.4. The van der Waals surface area contributed by atoms with Crippen LogP contribution in [0, 0.1) is 20.8 Å². The highest BCUT2D eigenvalue weighted by Crippen LogP contribution is 2.26. The van der Waals surface area contributed by atoms with Gasteiger partial charge in [0, 0.05) is 19.0 Å².